The van der Waals surface area contributed by atoms with E-state index in [0.717, 1.165) is 0 Å². The Balaban J connectivity index is 2.04. The highest BCUT2D eigenvalue weighted by atomic mass is 16.4. The maximum absolute atomic E-state index is 12.4. The number of hydrogen-bond acceptors (Lipinski definition) is 4. The maximum atomic E-state index is 12.4. The van der Waals surface area contributed by atoms with Crippen LogP contribution >= 0.6 is 0 Å². The molecule has 0 unspecified atom stereocenters. The Morgan fingerprint density at radius 1 is 0.905 bits per heavy atom. The molecule has 104 valence electrons. The number of nitrogens with one attached hydrogen (secondary N) is 1. The molecule has 2 aromatic carbocycles. The first-order valence-electron chi connectivity index (χ1n) is 6.36. The number of hydrogen-bond donors (Lipinski definition) is 2. The van der Waals surface area contributed by atoms with Crippen LogP contribution in [0.1, 0.15) is 31.8 Å². The first-order chi connectivity index (χ1) is 10.1. The lowest BCUT2D eigenvalue weighted by atomic mass is 9.84. The van der Waals surface area contributed by atoms with Crippen molar-refractivity contribution in [2.24, 2.45) is 0 Å². The van der Waals surface area contributed by atoms with E-state index in [9.17, 15) is 14.4 Å². The second-order valence-corrected chi connectivity index (χ2v) is 4.71. The molecule has 21 heavy (non-hydrogen) atoms. The van der Waals surface area contributed by atoms with Gasteiger partial charge in [-0.15, -0.1) is 0 Å². The van der Waals surface area contributed by atoms with Crippen LogP contribution in [0.15, 0.2) is 42.5 Å². The second-order valence-electron chi connectivity index (χ2n) is 4.71. The number of carboxylic acid groups (broad SMARTS) is 1. The van der Waals surface area contributed by atoms with Crippen molar-refractivity contribution >= 4 is 23.2 Å². The number of anilines is 1. The largest absolute Gasteiger partial charge is 0.480 e. The Labute approximate surface area is 120 Å². The molecule has 1 aliphatic carbocycles. The Morgan fingerprint density at radius 3 is 2.10 bits per heavy atom. The number of ketones is 2. The lowest BCUT2D eigenvalue weighted by Crippen LogP contribution is -2.21. The van der Waals surface area contributed by atoms with E-state index in [1.54, 1.807) is 36.4 Å². The molecule has 0 amide bonds. The van der Waals surface area contributed by atoms with Crippen LogP contribution in [0.25, 0.3) is 0 Å². The van der Waals surface area contributed by atoms with Crippen molar-refractivity contribution in [1.82, 2.24) is 0 Å². The van der Waals surface area contributed by atoms with Crippen LogP contribution in [0.3, 0.4) is 0 Å². The van der Waals surface area contributed by atoms with Gasteiger partial charge >= 0.3 is 5.97 Å². The highest BCUT2D eigenvalue weighted by molar-refractivity contribution is 6.28. The fraction of sp³-hybridized carbons (Fsp3) is 0.0625. The van der Waals surface area contributed by atoms with Crippen LogP contribution in [0.5, 0.6) is 0 Å². The molecule has 0 atom stereocenters. The number of aliphatic carboxylic acids is 1. The van der Waals surface area contributed by atoms with Crippen LogP contribution in [0.2, 0.25) is 0 Å². The van der Waals surface area contributed by atoms with Crippen LogP contribution in [0.4, 0.5) is 5.69 Å². The van der Waals surface area contributed by atoms with Crippen molar-refractivity contribution in [3.8, 4) is 0 Å². The summed E-state index contributed by atoms with van der Waals surface area (Å²) in [5.74, 6) is -1.41. The normalized spacial score (nSPS) is 12.6. The summed E-state index contributed by atoms with van der Waals surface area (Å²) in [7, 11) is 0. The molecule has 0 saturated carbocycles. The van der Waals surface area contributed by atoms with Crippen molar-refractivity contribution in [1.29, 1.82) is 0 Å². The van der Waals surface area contributed by atoms with Gasteiger partial charge in [0.25, 0.3) is 0 Å². The summed E-state index contributed by atoms with van der Waals surface area (Å²) in [4.78, 5) is 35.4. The molecule has 0 aliphatic heterocycles. The zero-order chi connectivity index (χ0) is 15.0. The molecule has 0 aromatic heterocycles. The number of fused-ring (bicyclic) bond motifs is 2. The van der Waals surface area contributed by atoms with Crippen molar-refractivity contribution in [2.45, 2.75) is 0 Å². The van der Waals surface area contributed by atoms with Crippen molar-refractivity contribution in [3.63, 3.8) is 0 Å². The summed E-state index contributed by atoms with van der Waals surface area (Å²) >= 11 is 0. The Kier molecular flexibility index (Phi) is 3.02. The quantitative estimate of drug-likeness (QED) is 0.766. The lowest BCUT2D eigenvalue weighted by molar-refractivity contribution is -0.134. The van der Waals surface area contributed by atoms with Gasteiger partial charge in [0.1, 0.15) is 6.54 Å². The zero-order valence-corrected chi connectivity index (χ0v) is 10.9. The van der Waals surface area contributed by atoms with E-state index in [4.69, 9.17) is 5.11 Å². The molecule has 5 nitrogen and oxygen atoms in total. The average molecular weight is 281 g/mol. The van der Waals surface area contributed by atoms with Gasteiger partial charge < -0.3 is 10.4 Å². The highest BCUT2D eigenvalue weighted by Crippen LogP contribution is 2.28. The third-order valence-corrected chi connectivity index (χ3v) is 3.37. The first kappa shape index (κ1) is 13.1. The molecular weight excluding hydrogens is 270 g/mol. The van der Waals surface area contributed by atoms with Gasteiger partial charge in [0, 0.05) is 27.9 Å². The SMILES string of the molecule is O=C(O)CNc1ccc2c(c1)C(=O)c1ccccc1C2=O. The second kappa shape index (κ2) is 4.86. The Hall–Kier alpha value is -2.95. The molecule has 1 aliphatic rings. The van der Waals surface area contributed by atoms with Gasteiger partial charge in [-0.05, 0) is 18.2 Å². The van der Waals surface area contributed by atoms with Crippen molar-refractivity contribution in [2.75, 3.05) is 11.9 Å². The summed E-state index contributed by atoms with van der Waals surface area (Å²) < 4.78 is 0. The summed E-state index contributed by atoms with van der Waals surface area (Å²) in [6.45, 7) is -0.252. The molecular formula is C16H11NO4. The topological polar surface area (TPSA) is 83.5 Å². The molecule has 0 radical (unpaired) electrons. The van der Waals surface area contributed by atoms with E-state index < -0.39 is 5.97 Å². The van der Waals surface area contributed by atoms with E-state index in [1.807, 2.05) is 0 Å². The fourth-order valence-electron chi connectivity index (χ4n) is 2.39. The first-order valence-corrected chi connectivity index (χ1v) is 6.36. The summed E-state index contributed by atoms with van der Waals surface area (Å²) in [6.07, 6.45) is 0. The van der Waals surface area contributed by atoms with Crippen molar-refractivity contribution in [3.05, 3.63) is 64.7 Å². The van der Waals surface area contributed by atoms with Crippen LogP contribution in [-0.4, -0.2) is 29.2 Å². The van der Waals surface area contributed by atoms with Gasteiger partial charge in [0.05, 0.1) is 0 Å². The monoisotopic (exact) mass is 281 g/mol. The van der Waals surface area contributed by atoms with E-state index in [0.29, 0.717) is 27.9 Å². The van der Waals surface area contributed by atoms with Gasteiger partial charge in [-0.25, -0.2) is 0 Å². The third kappa shape index (κ3) is 2.18. The Bertz CT molecular complexity index is 780. The maximum Gasteiger partial charge on any atom is 0.322 e. The zero-order valence-electron chi connectivity index (χ0n) is 10.9. The van der Waals surface area contributed by atoms with Gasteiger partial charge in [-0.3, -0.25) is 14.4 Å². The summed E-state index contributed by atoms with van der Waals surface area (Å²) in [6, 6.07) is 11.4. The van der Waals surface area contributed by atoms with Gasteiger partial charge in [0.2, 0.25) is 0 Å². The molecule has 0 saturated heterocycles. The van der Waals surface area contributed by atoms with E-state index in [1.165, 1.54) is 6.07 Å². The van der Waals surface area contributed by atoms with Gasteiger partial charge in [0.15, 0.2) is 11.6 Å². The third-order valence-electron chi connectivity index (χ3n) is 3.37. The van der Waals surface area contributed by atoms with Crippen LogP contribution < -0.4 is 5.32 Å². The van der Waals surface area contributed by atoms with Crippen molar-refractivity contribution < 1.29 is 19.5 Å². The van der Waals surface area contributed by atoms with Gasteiger partial charge in [-0.1, -0.05) is 24.3 Å². The highest BCUT2D eigenvalue weighted by Gasteiger charge is 2.29. The fourth-order valence-corrected chi connectivity index (χ4v) is 2.39. The predicted molar refractivity (Wildman–Crippen MR) is 75.9 cm³/mol. The average Bonchev–Trinajstić information content (AvgIpc) is 2.50. The van der Waals surface area contributed by atoms with Crippen LogP contribution in [-0.2, 0) is 4.79 Å². The summed E-state index contributed by atoms with van der Waals surface area (Å²) in [5, 5.41) is 11.3. The van der Waals surface area contributed by atoms with E-state index >= 15 is 0 Å². The minimum Gasteiger partial charge on any atom is -0.480 e. The van der Waals surface area contributed by atoms with Gasteiger partial charge in [-0.2, -0.15) is 0 Å². The minimum absolute atomic E-state index is 0.190. The molecule has 0 bridgehead atoms. The molecule has 2 N–H and O–H groups in total. The number of rotatable bonds is 3. The molecule has 0 spiro atoms. The number of benzene rings is 2. The number of carbonyl (C=O) groups is 3. The lowest BCUT2D eigenvalue weighted by Gasteiger charge is -2.18. The van der Waals surface area contributed by atoms with E-state index in [2.05, 4.69) is 5.32 Å². The summed E-state index contributed by atoms with van der Waals surface area (Å²) in [5.41, 5.74) is 1.93. The standard InChI is InChI=1S/C16H11NO4/c18-14(19)8-17-9-5-6-12-13(7-9)16(21)11-4-2-1-3-10(11)15(12)20/h1-7,17H,8H2,(H,18,19). The molecule has 0 fully saturated rings. The van der Waals surface area contributed by atoms with E-state index in [-0.39, 0.29) is 18.1 Å². The molecule has 0 heterocycles. The number of carbonyl (C=O) groups excluding carboxylic acids is 2. The Morgan fingerprint density at radius 2 is 1.48 bits per heavy atom. The smallest absolute Gasteiger partial charge is 0.322 e. The molecule has 3 rings (SSSR count). The minimum atomic E-state index is -1.000. The van der Waals surface area contributed by atoms with Crippen LogP contribution in [0, 0.1) is 0 Å². The molecule has 5 heteroatoms. The molecule has 2 aromatic rings. The predicted octanol–water partition coefficient (Wildman–Crippen LogP) is 1.96. The number of carboxylic acids is 1.